The Morgan fingerprint density at radius 1 is 0.385 bits per heavy atom. The summed E-state index contributed by atoms with van der Waals surface area (Å²) in [5.74, 6) is -0.318. The zero-order chi connectivity index (χ0) is 69.6. The molecule has 19 heteroatoms. The van der Waals surface area contributed by atoms with Gasteiger partial charge in [0.15, 0.2) is 18.9 Å². The Bertz CT molecular complexity index is 2070. The standard InChI is InChI=1S/C77H135NO18/c1-3-5-7-9-11-13-15-17-19-21-23-24-25-26-27-28-29-30-31-32-33-34-35-37-38-40-42-44-46-48-50-52-54-61(82)60(78-65(83)55-53-51-49-47-45-43-41-39-36-22-20-18-16-14-12-10-8-6-4-2)59-91-75-71(89)68(86)73(63(57-80)93-75)96-77-72(90)69(87)74(64(58-81)94-77)95-76-70(88)67(85)66(84)62(56-79)92-76/h6,8,12,14,18,20,36,39,43-46,52,54,60-64,66-77,79-82,84-90H,3-5,7,9-11,13,15-17,19,21-35,37-38,40-42,47-51,53,55-59H2,1-2H3,(H,78,83)/b8-6-,14-12-,20-18-,39-36-,45-43-,46-44+,54-52+. The second-order valence-electron chi connectivity index (χ2n) is 26.7. The first-order valence-electron chi connectivity index (χ1n) is 37.8. The molecule has 0 spiro atoms. The summed E-state index contributed by atoms with van der Waals surface area (Å²) >= 11 is 0. The predicted molar refractivity (Wildman–Crippen MR) is 378 cm³/mol. The van der Waals surface area contributed by atoms with Gasteiger partial charge in [0.05, 0.1) is 38.6 Å². The summed E-state index contributed by atoms with van der Waals surface area (Å²) in [7, 11) is 0. The van der Waals surface area contributed by atoms with Crippen LogP contribution in [0.2, 0.25) is 0 Å². The molecule has 3 aliphatic heterocycles. The molecule has 96 heavy (non-hydrogen) atoms. The van der Waals surface area contributed by atoms with Gasteiger partial charge < -0.3 is 89.9 Å². The molecule has 0 aromatic heterocycles. The van der Waals surface area contributed by atoms with Crippen LogP contribution in [0.3, 0.4) is 0 Å². The number of nitrogens with one attached hydrogen (secondary N) is 1. The van der Waals surface area contributed by atoms with Crippen LogP contribution in [-0.4, -0.2) is 193 Å². The van der Waals surface area contributed by atoms with E-state index in [-0.39, 0.29) is 18.9 Å². The third-order valence-electron chi connectivity index (χ3n) is 18.4. The van der Waals surface area contributed by atoms with Gasteiger partial charge in [-0.15, -0.1) is 0 Å². The molecule has 3 aliphatic rings. The lowest BCUT2D eigenvalue weighted by Gasteiger charge is -2.48. The highest BCUT2D eigenvalue weighted by Crippen LogP contribution is 2.33. The number of unbranched alkanes of at least 4 members (excludes halogenated alkanes) is 30. The fraction of sp³-hybridized carbons (Fsp3) is 0.805. The van der Waals surface area contributed by atoms with E-state index < -0.39 is 124 Å². The number of hydrogen-bond donors (Lipinski definition) is 12. The molecule has 17 atom stereocenters. The van der Waals surface area contributed by atoms with Crippen LogP contribution in [0.25, 0.3) is 0 Å². The number of aliphatic hydroxyl groups is 11. The van der Waals surface area contributed by atoms with Crippen LogP contribution in [0.1, 0.15) is 264 Å². The van der Waals surface area contributed by atoms with E-state index in [0.717, 1.165) is 70.6 Å². The molecule has 556 valence electrons. The Kier molecular flexibility index (Phi) is 52.3. The highest BCUT2D eigenvalue weighted by Gasteiger charge is 2.53. The number of amides is 1. The highest BCUT2D eigenvalue weighted by molar-refractivity contribution is 5.76. The first-order valence-corrected chi connectivity index (χ1v) is 37.8. The fourth-order valence-electron chi connectivity index (χ4n) is 12.4. The number of rotatable bonds is 58. The van der Waals surface area contributed by atoms with Gasteiger partial charge in [-0.25, -0.2) is 0 Å². The van der Waals surface area contributed by atoms with Crippen LogP contribution in [0.5, 0.6) is 0 Å². The van der Waals surface area contributed by atoms with Crippen LogP contribution >= 0.6 is 0 Å². The van der Waals surface area contributed by atoms with Crippen molar-refractivity contribution in [3.63, 3.8) is 0 Å². The Balaban J connectivity index is 1.41. The van der Waals surface area contributed by atoms with Gasteiger partial charge in [-0.2, -0.15) is 0 Å². The van der Waals surface area contributed by atoms with Crippen molar-refractivity contribution in [2.45, 2.75) is 369 Å². The first kappa shape index (κ1) is 87.2. The topological polar surface area (TPSA) is 307 Å². The summed E-state index contributed by atoms with van der Waals surface area (Å²) in [5.41, 5.74) is 0. The van der Waals surface area contributed by atoms with Crippen molar-refractivity contribution < 1.29 is 89.4 Å². The van der Waals surface area contributed by atoms with Gasteiger partial charge in [0.1, 0.15) is 73.2 Å². The molecule has 3 rings (SSSR count). The van der Waals surface area contributed by atoms with E-state index in [1.54, 1.807) is 6.08 Å². The lowest BCUT2D eigenvalue weighted by Crippen LogP contribution is -2.66. The van der Waals surface area contributed by atoms with Gasteiger partial charge >= 0.3 is 0 Å². The molecule has 0 aliphatic carbocycles. The van der Waals surface area contributed by atoms with Gasteiger partial charge in [-0.1, -0.05) is 266 Å². The molecule has 3 heterocycles. The van der Waals surface area contributed by atoms with Crippen LogP contribution < -0.4 is 5.32 Å². The minimum Gasteiger partial charge on any atom is -0.394 e. The zero-order valence-corrected chi connectivity index (χ0v) is 59.1. The lowest BCUT2D eigenvalue weighted by atomic mass is 9.96. The molecule has 12 N–H and O–H groups in total. The smallest absolute Gasteiger partial charge is 0.220 e. The molecular weight excluding hydrogens is 1230 g/mol. The lowest BCUT2D eigenvalue weighted by molar-refractivity contribution is -0.379. The predicted octanol–water partition coefficient (Wildman–Crippen LogP) is 11.4. The summed E-state index contributed by atoms with van der Waals surface area (Å²) in [6.45, 7) is 1.59. The molecule has 0 saturated carbocycles. The average Bonchev–Trinajstić information content (AvgIpc) is 0.798. The fourth-order valence-corrected chi connectivity index (χ4v) is 12.4. The number of hydrogen-bond acceptors (Lipinski definition) is 18. The summed E-state index contributed by atoms with van der Waals surface area (Å²) in [5, 5.41) is 121. The largest absolute Gasteiger partial charge is 0.394 e. The summed E-state index contributed by atoms with van der Waals surface area (Å²) in [6.07, 6.45) is 48.7. The molecular formula is C77H135NO18. The Morgan fingerprint density at radius 3 is 1.17 bits per heavy atom. The second kappa shape index (κ2) is 57.6. The van der Waals surface area contributed by atoms with E-state index >= 15 is 0 Å². The summed E-state index contributed by atoms with van der Waals surface area (Å²) in [4.78, 5) is 13.4. The molecule has 3 saturated heterocycles. The van der Waals surface area contributed by atoms with Crippen molar-refractivity contribution in [1.29, 1.82) is 0 Å². The maximum atomic E-state index is 13.4. The summed E-state index contributed by atoms with van der Waals surface area (Å²) in [6, 6.07) is -1.01. The zero-order valence-electron chi connectivity index (χ0n) is 59.1. The van der Waals surface area contributed by atoms with Crippen LogP contribution in [0.15, 0.2) is 85.1 Å². The first-order chi connectivity index (χ1) is 46.8. The Hall–Kier alpha value is -3.03. The van der Waals surface area contributed by atoms with Crippen molar-refractivity contribution in [3.05, 3.63) is 85.1 Å². The van der Waals surface area contributed by atoms with Crippen LogP contribution in [-0.2, 0) is 33.2 Å². The second-order valence-corrected chi connectivity index (χ2v) is 26.7. The SMILES string of the molecule is CC/C=C\C/C=C\C/C=C\C/C=C\C/C=C\CCCCCC(=O)NC(COC1OC(CO)C(OC2OC(CO)C(OC3OC(CO)C(O)C(O)C3O)C(O)C2O)C(O)C1O)C(O)/C=C/CC/C=C/CCCCCCCCCCCCCCCCCCCCCCCCCCCC. The van der Waals surface area contributed by atoms with E-state index in [1.165, 1.54) is 161 Å². The number of allylic oxidation sites excluding steroid dienone is 13. The van der Waals surface area contributed by atoms with Crippen molar-refractivity contribution in [2.24, 2.45) is 0 Å². The minimum absolute atomic E-state index is 0.192. The third kappa shape index (κ3) is 38.1. The molecule has 17 unspecified atom stereocenters. The highest BCUT2D eigenvalue weighted by atomic mass is 16.8. The van der Waals surface area contributed by atoms with E-state index in [2.05, 4.69) is 92.1 Å². The van der Waals surface area contributed by atoms with Gasteiger partial charge in [0.2, 0.25) is 5.91 Å². The quantitative estimate of drug-likeness (QED) is 0.0199. The molecule has 0 bridgehead atoms. The van der Waals surface area contributed by atoms with E-state index in [1.807, 2.05) is 6.08 Å². The van der Waals surface area contributed by atoms with Crippen molar-refractivity contribution >= 4 is 5.91 Å². The number of aliphatic hydroxyl groups excluding tert-OH is 11. The van der Waals surface area contributed by atoms with E-state index in [0.29, 0.717) is 12.8 Å². The van der Waals surface area contributed by atoms with Crippen molar-refractivity contribution in [2.75, 3.05) is 26.4 Å². The van der Waals surface area contributed by atoms with Gasteiger partial charge in [-0.3, -0.25) is 4.79 Å². The molecule has 1 amide bonds. The molecule has 0 aromatic carbocycles. The van der Waals surface area contributed by atoms with Crippen LogP contribution in [0, 0.1) is 0 Å². The van der Waals surface area contributed by atoms with Gasteiger partial charge in [0, 0.05) is 6.42 Å². The Morgan fingerprint density at radius 2 is 0.729 bits per heavy atom. The molecule has 19 nitrogen and oxygen atoms in total. The molecule has 0 aromatic rings. The number of carbonyl (C=O) groups excluding carboxylic acids is 1. The maximum absolute atomic E-state index is 13.4. The van der Waals surface area contributed by atoms with Crippen molar-refractivity contribution in [3.8, 4) is 0 Å². The normalized spacial score (nSPS) is 27.5. The van der Waals surface area contributed by atoms with Crippen LogP contribution in [0.4, 0.5) is 0 Å². The Labute approximate surface area is 578 Å². The monoisotopic (exact) mass is 1360 g/mol. The number of carbonyl (C=O) groups is 1. The van der Waals surface area contributed by atoms with E-state index in [9.17, 15) is 61.0 Å². The number of ether oxygens (including phenoxy) is 6. The maximum Gasteiger partial charge on any atom is 0.220 e. The van der Waals surface area contributed by atoms with Crippen molar-refractivity contribution in [1.82, 2.24) is 5.32 Å². The minimum atomic E-state index is -1.99. The average molecular weight is 1360 g/mol. The molecule has 0 radical (unpaired) electrons. The molecule has 3 fully saturated rings. The summed E-state index contributed by atoms with van der Waals surface area (Å²) < 4.78 is 34.3. The van der Waals surface area contributed by atoms with E-state index in [4.69, 9.17) is 28.4 Å². The third-order valence-corrected chi connectivity index (χ3v) is 18.4. The van der Waals surface area contributed by atoms with Gasteiger partial charge in [0.25, 0.3) is 0 Å². The van der Waals surface area contributed by atoms with Gasteiger partial charge in [-0.05, 0) is 77.0 Å².